The van der Waals surface area contributed by atoms with Crippen LogP contribution in [-0.2, 0) is 0 Å². The number of benzene rings is 2. The molecule has 0 fully saturated rings. The summed E-state index contributed by atoms with van der Waals surface area (Å²) in [7, 11) is 0. The number of hydrogen-bond donors (Lipinski definition) is 1. The molecule has 4 rings (SSSR count). The van der Waals surface area contributed by atoms with Crippen LogP contribution in [0.3, 0.4) is 0 Å². The van der Waals surface area contributed by atoms with Crippen LogP contribution >= 0.6 is 0 Å². The molecule has 4 aromatic rings. The van der Waals surface area contributed by atoms with Crippen LogP contribution in [0.1, 0.15) is 10.4 Å². The van der Waals surface area contributed by atoms with Crippen LogP contribution in [0, 0.1) is 0 Å². The molecule has 0 aliphatic carbocycles. The van der Waals surface area contributed by atoms with Crippen LogP contribution in [0.5, 0.6) is 0 Å². The maximum atomic E-state index is 12.6. The highest BCUT2D eigenvalue weighted by atomic mass is 16.3. The highest BCUT2D eigenvalue weighted by Crippen LogP contribution is 2.24. The predicted octanol–water partition coefficient (Wildman–Crippen LogP) is 3.04. The summed E-state index contributed by atoms with van der Waals surface area (Å²) < 4.78 is 6.70. The lowest BCUT2D eigenvalue weighted by Gasteiger charge is -2.06. The Balaban J connectivity index is 1.71. The Bertz CT molecular complexity index is 1100. The number of nitrogens with one attached hydrogen (secondary N) is 1. The number of carbonyl (C=O) groups excluding carboxylic acids is 1. The monoisotopic (exact) mass is 331 g/mol. The molecule has 6 heteroatoms. The van der Waals surface area contributed by atoms with Gasteiger partial charge < -0.3 is 4.42 Å². The number of aromatic nitrogens is 2. The first-order valence-electron chi connectivity index (χ1n) is 7.65. The summed E-state index contributed by atoms with van der Waals surface area (Å²) in [6.07, 6.45) is 1.24. The topological polar surface area (TPSA) is 77.1 Å². The number of amides is 1. The predicted molar refractivity (Wildman–Crippen MR) is 93.8 cm³/mol. The summed E-state index contributed by atoms with van der Waals surface area (Å²) in [4.78, 5) is 28.9. The minimum absolute atomic E-state index is 0.231. The third-order valence-electron chi connectivity index (χ3n) is 3.77. The van der Waals surface area contributed by atoms with E-state index in [0.29, 0.717) is 16.7 Å². The van der Waals surface area contributed by atoms with Crippen LogP contribution in [-0.4, -0.2) is 15.6 Å². The van der Waals surface area contributed by atoms with E-state index in [2.05, 4.69) is 10.4 Å². The van der Waals surface area contributed by atoms with Crippen LogP contribution in [0.15, 0.2) is 82.3 Å². The molecule has 1 amide bonds. The third kappa shape index (κ3) is 2.81. The molecule has 25 heavy (non-hydrogen) atoms. The fourth-order valence-corrected chi connectivity index (χ4v) is 2.51. The highest BCUT2D eigenvalue weighted by Gasteiger charge is 2.13. The smallest absolute Gasteiger partial charge is 0.283 e. The number of fused-ring (bicyclic) bond motifs is 1. The van der Waals surface area contributed by atoms with Gasteiger partial charge in [-0.2, -0.15) is 0 Å². The summed E-state index contributed by atoms with van der Waals surface area (Å²) in [6.45, 7) is 0. The van der Waals surface area contributed by atoms with E-state index in [4.69, 9.17) is 4.42 Å². The van der Waals surface area contributed by atoms with Crippen molar-refractivity contribution in [1.82, 2.24) is 9.66 Å². The van der Waals surface area contributed by atoms with Gasteiger partial charge in [0.15, 0.2) is 0 Å². The molecule has 2 aromatic carbocycles. The second-order valence-electron chi connectivity index (χ2n) is 5.42. The first kappa shape index (κ1) is 14.9. The summed E-state index contributed by atoms with van der Waals surface area (Å²) in [5, 5.41) is 0.301. The maximum absolute atomic E-state index is 12.6. The Hall–Kier alpha value is -3.67. The summed E-state index contributed by atoms with van der Waals surface area (Å²) in [5.41, 5.74) is 3.65. The maximum Gasteiger partial charge on any atom is 0.283 e. The number of carbonyl (C=O) groups is 1. The zero-order valence-corrected chi connectivity index (χ0v) is 13.0. The minimum atomic E-state index is -0.403. The minimum Gasteiger partial charge on any atom is -0.437 e. The molecule has 0 unspecified atom stereocenters. The molecule has 2 aromatic heterocycles. The number of furan rings is 1. The van der Waals surface area contributed by atoms with Gasteiger partial charge in [0.2, 0.25) is 5.71 Å². The molecule has 0 bridgehead atoms. The second kappa shape index (κ2) is 6.09. The van der Waals surface area contributed by atoms with Gasteiger partial charge in [-0.15, -0.1) is 0 Å². The highest BCUT2D eigenvalue weighted by molar-refractivity contribution is 6.00. The standard InChI is InChI=1S/C19H13N3O3/c23-17(14-9-5-2-6-10-14)21-22-12-20-18-15(19(22)24)11-16(25-18)13-7-3-1-4-8-13/h1-12H,(H,21,23). The quantitative estimate of drug-likeness (QED) is 0.626. The Kier molecular flexibility index (Phi) is 3.63. The summed E-state index contributed by atoms with van der Waals surface area (Å²) in [5.74, 6) is 0.156. The van der Waals surface area contributed by atoms with Crippen molar-refractivity contribution < 1.29 is 9.21 Å². The SMILES string of the molecule is O=C(Nn1cnc2oc(-c3ccccc3)cc2c1=O)c1ccccc1. The Morgan fingerprint density at radius 2 is 1.68 bits per heavy atom. The average molecular weight is 331 g/mol. The van der Waals surface area contributed by atoms with Crippen molar-refractivity contribution in [2.75, 3.05) is 5.43 Å². The molecule has 0 spiro atoms. The molecule has 2 heterocycles. The van der Waals surface area contributed by atoms with Crippen molar-refractivity contribution >= 4 is 17.0 Å². The Labute approximate surface area is 142 Å². The van der Waals surface area contributed by atoms with Gasteiger partial charge in [0.1, 0.15) is 17.5 Å². The zero-order valence-electron chi connectivity index (χ0n) is 13.0. The molecule has 122 valence electrons. The molecule has 0 radical (unpaired) electrons. The molecule has 0 aliphatic rings. The fourth-order valence-electron chi connectivity index (χ4n) is 2.51. The van der Waals surface area contributed by atoms with Crippen LogP contribution < -0.4 is 11.0 Å². The first-order valence-corrected chi connectivity index (χ1v) is 7.65. The number of nitrogens with zero attached hydrogens (tertiary/aromatic N) is 2. The molecule has 0 saturated heterocycles. The van der Waals surface area contributed by atoms with Gasteiger partial charge in [0, 0.05) is 11.1 Å². The van der Waals surface area contributed by atoms with E-state index in [0.717, 1.165) is 10.2 Å². The van der Waals surface area contributed by atoms with Gasteiger partial charge in [-0.25, -0.2) is 9.66 Å². The van der Waals surface area contributed by atoms with E-state index in [1.165, 1.54) is 6.33 Å². The zero-order chi connectivity index (χ0) is 17.2. The number of hydrogen-bond acceptors (Lipinski definition) is 4. The van der Waals surface area contributed by atoms with E-state index < -0.39 is 11.5 Å². The Morgan fingerprint density at radius 1 is 1.00 bits per heavy atom. The molecule has 0 aliphatic heterocycles. The lowest BCUT2D eigenvalue weighted by molar-refractivity contribution is 0.101. The van der Waals surface area contributed by atoms with Crippen molar-refractivity contribution in [2.45, 2.75) is 0 Å². The number of rotatable bonds is 3. The van der Waals surface area contributed by atoms with Crippen molar-refractivity contribution in [3.8, 4) is 11.3 Å². The van der Waals surface area contributed by atoms with Crippen LogP contribution in [0.25, 0.3) is 22.4 Å². The van der Waals surface area contributed by atoms with Crippen molar-refractivity contribution in [2.24, 2.45) is 0 Å². The van der Waals surface area contributed by atoms with Gasteiger partial charge >= 0.3 is 0 Å². The molecule has 1 N–H and O–H groups in total. The van der Waals surface area contributed by atoms with Crippen LogP contribution in [0.2, 0.25) is 0 Å². The second-order valence-corrected chi connectivity index (χ2v) is 5.42. The van der Waals surface area contributed by atoms with Gasteiger partial charge in [-0.3, -0.25) is 15.0 Å². The summed E-state index contributed by atoms with van der Waals surface area (Å²) >= 11 is 0. The van der Waals surface area contributed by atoms with E-state index in [1.54, 1.807) is 30.3 Å². The normalized spacial score (nSPS) is 10.7. The summed E-state index contributed by atoms with van der Waals surface area (Å²) in [6, 6.07) is 19.7. The molecule has 0 atom stereocenters. The fraction of sp³-hybridized carbons (Fsp3) is 0. The van der Waals surface area contributed by atoms with Gasteiger partial charge in [0.05, 0.1) is 0 Å². The van der Waals surface area contributed by atoms with Crippen molar-refractivity contribution in [1.29, 1.82) is 0 Å². The lowest BCUT2D eigenvalue weighted by atomic mass is 10.2. The third-order valence-corrected chi connectivity index (χ3v) is 3.77. The first-order chi connectivity index (χ1) is 12.2. The van der Waals surface area contributed by atoms with E-state index in [-0.39, 0.29) is 5.71 Å². The average Bonchev–Trinajstić information content (AvgIpc) is 3.11. The molecular formula is C19H13N3O3. The van der Waals surface area contributed by atoms with Gasteiger partial charge in [0.25, 0.3) is 11.5 Å². The molecule has 6 nitrogen and oxygen atoms in total. The Morgan fingerprint density at radius 3 is 2.40 bits per heavy atom. The van der Waals surface area contributed by atoms with Crippen molar-refractivity contribution in [3.63, 3.8) is 0 Å². The van der Waals surface area contributed by atoms with Crippen molar-refractivity contribution in [3.05, 3.63) is 89.0 Å². The molecule has 0 saturated carbocycles. The van der Waals surface area contributed by atoms with E-state index in [9.17, 15) is 9.59 Å². The van der Waals surface area contributed by atoms with E-state index >= 15 is 0 Å². The van der Waals surface area contributed by atoms with Gasteiger partial charge in [-0.1, -0.05) is 48.5 Å². The lowest BCUT2D eigenvalue weighted by Crippen LogP contribution is -2.32. The largest absolute Gasteiger partial charge is 0.437 e. The van der Waals surface area contributed by atoms with Crippen LogP contribution in [0.4, 0.5) is 0 Å². The van der Waals surface area contributed by atoms with E-state index in [1.807, 2.05) is 36.4 Å². The molecular weight excluding hydrogens is 318 g/mol. The van der Waals surface area contributed by atoms with Gasteiger partial charge in [-0.05, 0) is 18.2 Å².